The lowest BCUT2D eigenvalue weighted by molar-refractivity contribution is -0.384. The zero-order chi connectivity index (χ0) is 13.1. The third kappa shape index (κ3) is 2.75. The number of nitro groups is 1. The van der Waals surface area contributed by atoms with Gasteiger partial charge in [-0.15, -0.1) is 10.2 Å². The molecule has 0 fully saturated rings. The number of aryl methyl sites for hydroxylation is 1. The first kappa shape index (κ1) is 12.3. The van der Waals surface area contributed by atoms with Crippen LogP contribution >= 0.6 is 11.6 Å². The smallest absolute Gasteiger partial charge is 0.273 e. The van der Waals surface area contributed by atoms with Gasteiger partial charge in [-0.2, -0.15) is 0 Å². The maximum Gasteiger partial charge on any atom is 0.273 e. The van der Waals surface area contributed by atoms with Crippen molar-refractivity contribution in [1.29, 1.82) is 0 Å². The predicted molar refractivity (Wildman–Crippen MR) is 61.5 cm³/mol. The van der Waals surface area contributed by atoms with Crippen LogP contribution in [0.2, 0.25) is 5.02 Å². The fraction of sp³-hybridized carbons (Fsp3) is 0.200. The molecule has 0 unspecified atom stereocenters. The van der Waals surface area contributed by atoms with E-state index in [4.69, 9.17) is 20.8 Å². The molecule has 0 N–H and O–H groups in total. The van der Waals surface area contributed by atoms with Crippen LogP contribution in [0.1, 0.15) is 11.8 Å². The third-order valence-electron chi connectivity index (χ3n) is 2.04. The fourth-order valence-electron chi connectivity index (χ4n) is 1.25. The van der Waals surface area contributed by atoms with Gasteiger partial charge >= 0.3 is 0 Å². The summed E-state index contributed by atoms with van der Waals surface area (Å²) in [7, 11) is 0. The Morgan fingerprint density at radius 2 is 2.28 bits per heavy atom. The van der Waals surface area contributed by atoms with Crippen molar-refractivity contribution >= 4 is 17.3 Å². The van der Waals surface area contributed by atoms with Crippen LogP contribution in [0.4, 0.5) is 5.69 Å². The number of rotatable bonds is 4. The zero-order valence-corrected chi connectivity index (χ0v) is 10.0. The van der Waals surface area contributed by atoms with Gasteiger partial charge in [0.2, 0.25) is 5.89 Å². The van der Waals surface area contributed by atoms with Crippen LogP contribution < -0.4 is 4.74 Å². The number of hydrogen-bond acceptors (Lipinski definition) is 6. The highest BCUT2D eigenvalue weighted by atomic mass is 35.5. The van der Waals surface area contributed by atoms with Gasteiger partial charge in [-0.05, 0) is 6.07 Å². The molecule has 0 bridgehead atoms. The van der Waals surface area contributed by atoms with Crippen LogP contribution in [0.5, 0.6) is 5.75 Å². The fourth-order valence-corrected chi connectivity index (χ4v) is 1.42. The number of nitrogens with zero attached hydrogens (tertiary/aromatic N) is 3. The monoisotopic (exact) mass is 269 g/mol. The Hall–Kier alpha value is -2.15. The maximum absolute atomic E-state index is 10.6. The number of halogens is 1. The number of non-ortho nitro benzene ring substituents is 1. The van der Waals surface area contributed by atoms with E-state index in [0.29, 0.717) is 5.89 Å². The van der Waals surface area contributed by atoms with Crippen LogP contribution in [-0.2, 0) is 6.61 Å². The van der Waals surface area contributed by atoms with Gasteiger partial charge < -0.3 is 9.15 Å². The molecule has 1 aromatic heterocycles. The Balaban J connectivity index is 2.13. The SMILES string of the molecule is Cc1nnc(COc2cc([N+](=O)[O-])ccc2Cl)o1. The van der Waals surface area contributed by atoms with Crippen LogP contribution in [-0.4, -0.2) is 15.1 Å². The topological polar surface area (TPSA) is 91.3 Å². The van der Waals surface area contributed by atoms with Crippen molar-refractivity contribution in [3.63, 3.8) is 0 Å². The predicted octanol–water partition coefficient (Wildman–Crippen LogP) is 2.52. The number of ether oxygens (including phenoxy) is 1. The van der Waals surface area contributed by atoms with Crippen molar-refractivity contribution in [2.75, 3.05) is 0 Å². The average molecular weight is 270 g/mol. The van der Waals surface area contributed by atoms with Crippen molar-refractivity contribution in [1.82, 2.24) is 10.2 Å². The standard InChI is InChI=1S/C10H8ClN3O4/c1-6-12-13-10(18-6)5-17-9-4-7(14(15)16)2-3-8(9)11/h2-4H,5H2,1H3. The summed E-state index contributed by atoms with van der Waals surface area (Å²) in [5, 5.41) is 18.2. The second-order valence-electron chi connectivity index (χ2n) is 3.38. The molecule has 0 spiro atoms. The van der Waals surface area contributed by atoms with Crippen molar-refractivity contribution in [2.45, 2.75) is 13.5 Å². The van der Waals surface area contributed by atoms with Gasteiger partial charge in [-0.25, -0.2) is 0 Å². The molecule has 1 heterocycles. The van der Waals surface area contributed by atoms with Gasteiger partial charge in [0.1, 0.15) is 5.75 Å². The van der Waals surface area contributed by atoms with Gasteiger partial charge in [-0.3, -0.25) is 10.1 Å². The zero-order valence-electron chi connectivity index (χ0n) is 9.29. The molecule has 0 atom stereocenters. The Morgan fingerprint density at radius 1 is 1.50 bits per heavy atom. The average Bonchev–Trinajstić information content (AvgIpc) is 2.74. The first-order valence-electron chi connectivity index (χ1n) is 4.92. The minimum atomic E-state index is -0.528. The molecule has 8 heteroatoms. The lowest BCUT2D eigenvalue weighted by Crippen LogP contribution is -1.97. The van der Waals surface area contributed by atoms with Crippen molar-refractivity contribution < 1.29 is 14.1 Å². The highest BCUT2D eigenvalue weighted by Crippen LogP contribution is 2.29. The highest BCUT2D eigenvalue weighted by Gasteiger charge is 2.12. The molecule has 1 aromatic carbocycles. The Bertz CT molecular complexity index is 584. The quantitative estimate of drug-likeness (QED) is 0.625. The van der Waals surface area contributed by atoms with Crippen LogP contribution in [0.25, 0.3) is 0 Å². The summed E-state index contributed by atoms with van der Waals surface area (Å²) in [6, 6.07) is 3.94. The van der Waals surface area contributed by atoms with E-state index in [1.54, 1.807) is 6.92 Å². The molecule has 0 saturated heterocycles. The number of hydrogen-bond donors (Lipinski definition) is 0. The Labute approximate surface area is 106 Å². The number of benzene rings is 1. The second kappa shape index (κ2) is 5.01. The van der Waals surface area contributed by atoms with Crippen molar-refractivity contribution in [2.24, 2.45) is 0 Å². The summed E-state index contributed by atoms with van der Waals surface area (Å²) in [6.07, 6.45) is 0. The first-order valence-corrected chi connectivity index (χ1v) is 5.30. The Kier molecular flexibility index (Phi) is 3.42. The summed E-state index contributed by atoms with van der Waals surface area (Å²) in [4.78, 5) is 10.1. The van der Waals surface area contributed by atoms with Gasteiger partial charge in [0.15, 0.2) is 6.61 Å². The van der Waals surface area contributed by atoms with E-state index < -0.39 is 4.92 Å². The van der Waals surface area contributed by atoms with E-state index in [0.717, 1.165) is 0 Å². The van der Waals surface area contributed by atoms with E-state index >= 15 is 0 Å². The van der Waals surface area contributed by atoms with E-state index in [1.165, 1.54) is 18.2 Å². The van der Waals surface area contributed by atoms with E-state index in [1.807, 2.05) is 0 Å². The summed E-state index contributed by atoms with van der Waals surface area (Å²) in [5.41, 5.74) is -0.101. The molecule has 2 rings (SSSR count). The molecule has 18 heavy (non-hydrogen) atoms. The normalized spacial score (nSPS) is 10.3. The molecule has 0 aliphatic carbocycles. The molecule has 0 radical (unpaired) electrons. The van der Waals surface area contributed by atoms with Crippen LogP contribution in [0.15, 0.2) is 22.6 Å². The summed E-state index contributed by atoms with van der Waals surface area (Å²) < 4.78 is 10.4. The minimum absolute atomic E-state index is 0.00171. The van der Waals surface area contributed by atoms with Crippen LogP contribution in [0.3, 0.4) is 0 Å². The summed E-state index contributed by atoms with van der Waals surface area (Å²) in [5.74, 6) is 0.885. The molecule has 2 aromatic rings. The van der Waals surface area contributed by atoms with Crippen molar-refractivity contribution in [3.8, 4) is 5.75 Å². The van der Waals surface area contributed by atoms with Gasteiger partial charge in [-0.1, -0.05) is 11.6 Å². The molecular weight excluding hydrogens is 262 g/mol. The molecule has 94 valence electrons. The maximum atomic E-state index is 10.6. The highest BCUT2D eigenvalue weighted by molar-refractivity contribution is 6.32. The first-order chi connectivity index (χ1) is 8.56. The summed E-state index contributed by atoms with van der Waals surface area (Å²) >= 11 is 5.86. The Morgan fingerprint density at radius 3 is 2.89 bits per heavy atom. The van der Waals surface area contributed by atoms with Crippen molar-refractivity contribution in [3.05, 3.63) is 45.1 Å². The lowest BCUT2D eigenvalue weighted by atomic mass is 10.3. The van der Waals surface area contributed by atoms with Gasteiger partial charge in [0, 0.05) is 13.0 Å². The number of aromatic nitrogens is 2. The second-order valence-corrected chi connectivity index (χ2v) is 3.78. The molecule has 0 amide bonds. The molecule has 0 aliphatic rings. The lowest BCUT2D eigenvalue weighted by Gasteiger charge is -2.04. The van der Waals surface area contributed by atoms with Gasteiger partial charge in [0.25, 0.3) is 11.6 Å². The molecule has 0 saturated carbocycles. The molecular formula is C10H8ClN3O4. The summed E-state index contributed by atoms with van der Waals surface area (Å²) in [6.45, 7) is 1.65. The minimum Gasteiger partial charge on any atom is -0.482 e. The van der Waals surface area contributed by atoms with Crippen LogP contribution in [0, 0.1) is 17.0 Å². The molecule has 7 nitrogen and oxygen atoms in total. The van der Waals surface area contributed by atoms with E-state index in [-0.39, 0.29) is 29.0 Å². The number of nitro benzene ring substituents is 1. The molecule has 0 aliphatic heterocycles. The van der Waals surface area contributed by atoms with Gasteiger partial charge in [0.05, 0.1) is 16.0 Å². The van der Waals surface area contributed by atoms with E-state index in [2.05, 4.69) is 10.2 Å². The van der Waals surface area contributed by atoms with E-state index in [9.17, 15) is 10.1 Å². The largest absolute Gasteiger partial charge is 0.482 e. The third-order valence-corrected chi connectivity index (χ3v) is 2.36.